The highest BCUT2D eigenvalue weighted by Crippen LogP contribution is 2.44. The summed E-state index contributed by atoms with van der Waals surface area (Å²) < 4.78 is 11.6. The minimum atomic E-state index is -1.64. The summed E-state index contributed by atoms with van der Waals surface area (Å²) in [4.78, 5) is 5.06. The van der Waals surface area contributed by atoms with Gasteiger partial charge in [0.25, 0.3) is 0 Å². The van der Waals surface area contributed by atoms with E-state index in [4.69, 9.17) is 5.14 Å². The number of aliphatic hydroxyl groups is 1. The third kappa shape index (κ3) is 1.81. The van der Waals surface area contributed by atoms with Crippen LogP contribution in [0.3, 0.4) is 0 Å². The maximum absolute atomic E-state index is 11.3. The van der Waals surface area contributed by atoms with E-state index in [1.165, 1.54) is 0 Å². The van der Waals surface area contributed by atoms with Gasteiger partial charge in [-0.25, -0.2) is 14.3 Å². The van der Waals surface area contributed by atoms with Crippen LogP contribution in [-0.4, -0.2) is 18.7 Å². The topological polar surface area (TPSA) is 75.7 Å². The van der Waals surface area contributed by atoms with Gasteiger partial charge in [0.05, 0.1) is 10.7 Å². The van der Waals surface area contributed by atoms with Crippen molar-refractivity contribution in [3.8, 4) is 0 Å². The molecule has 80 valence electrons. The molecule has 1 aliphatic heterocycles. The minimum absolute atomic E-state index is 0.192. The Balaban J connectivity index is 2.68. The summed E-state index contributed by atoms with van der Waals surface area (Å²) in [5.74, 6) is 0. The molecule has 3 N–H and O–H groups in total. The highest BCUT2D eigenvalue weighted by atomic mass is 32.2. The van der Waals surface area contributed by atoms with E-state index in [-0.39, 0.29) is 5.05 Å². The number of hydrogen-bond acceptors (Lipinski definition) is 2. The molecule has 0 aliphatic carbocycles. The van der Waals surface area contributed by atoms with E-state index in [2.05, 4.69) is 4.99 Å². The summed E-state index contributed by atoms with van der Waals surface area (Å²) >= 11 is 0. The van der Waals surface area contributed by atoms with E-state index in [1.807, 2.05) is 24.3 Å². The van der Waals surface area contributed by atoms with E-state index in [0.717, 1.165) is 10.6 Å². The Kier molecular flexibility index (Phi) is 2.83. The van der Waals surface area contributed by atoms with Crippen molar-refractivity contribution in [3.63, 3.8) is 0 Å². The molecule has 2 rings (SSSR count). The third-order valence-corrected chi connectivity index (χ3v) is 5.18. The molecule has 1 aromatic rings. The molecule has 0 amide bonds. The van der Waals surface area contributed by atoms with Crippen LogP contribution in [0, 0.1) is 0 Å². The van der Waals surface area contributed by atoms with Gasteiger partial charge in [0.1, 0.15) is 11.0 Å². The Labute approximate surface area is 92.4 Å². The first-order valence-electron chi connectivity index (χ1n) is 4.22. The van der Waals surface area contributed by atoms with Crippen LogP contribution in [0.1, 0.15) is 6.92 Å². The quantitative estimate of drug-likeness (QED) is 0.536. The molecule has 15 heavy (non-hydrogen) atoms. The summed E-state index contributed by atoms with van der Waals surface area (Å²) in [6.07, 6.45) is 0. The van der Waals surface area contributed by atoms with Crippen molar-refractivity contribution in [2.45, 2.75) is 11.8 Å². The van der Waals surface area contributed by atoms with Crippen LogP contribution in [0.25, 0.3) is 0 Å². The van der Waals surface area contributed by atoms with Gasteiger partial charge in [-0.05, 0) is 19.1 Å². The fourth-order valence-corrected chi connectivity index (χ4v) is 4.34. The summed E-state index contributed by atoms with van der Waals surface area (Å²) in [6.45, 7) is 1.58. The maximum atomic E-state index is 11.3. The number of hydrogen-bond donors (Lipinski definition) is 2. The van der Waals surface area contributed by atoms with Crippen LogP contribution >= 0.6 is 10.5 Å². The molecular weight excluding hydrogens is 232 g/mol. The van der Waals surface area contributed by atoms with Crippen molar-refractivity contribution in [3.05, 3.63) is 24.3 Å². The molecule has 1 aromatic carbocycles. The Morgan fingerprint density at radius 1 is 1.53 bits per heavy atom. The lowest BCUT2D eigenvalue weighted by Crippen LogP contribution is -2.13. The summed E-state index contributed by atoms with van der Waals surface area (Å²) in [5.41, 5.74) is 0.739. The molecule has 0 saturated carbocycles. The van der Waals surface area contributed by atoms with Crippen LogP contribution in [0.15, 0.2) is 34.2 Å². The van der Waals surface area contributed by atoms with Crippen LogP contribution in [-0.2, 0) is 11.0 Å². The third-order valence-electron chi connectivity index (χ3n) is 1.94. The number of benzene rings is 1. The monoisotopic (exact) mass is 242 g/mol. The van der Waals surface area contributed by atoms with Crippen molar-refractivity contribution < 1.29 is 9.32 Å². The second kappa shape index (κ2) is 3.97. The molecule has 0 saturated heterocycles. The van der Waals surface area contributed by atoms with Gasteiger partial charge in [0.15, 0.2) is 4.38 Å². The Morgan fingerprint density at radius 2 is 2.20 bits per heavy atom. The Bertz CT molecular complexity index is 505. The maximum Gasteiger partial charge on any atom is 0.177 e. The molecular formula is C9H10N2O2S2. The van der Waals surface area contributed by atoms with Crippen molar-refractivity contribution in [2.24, 2.45) is 10.1 Å². The van der Waals surface area contributed by atoms with Crippen LogP contribution < -0.4 is 5.14 Å². The number of aliphatic imine (C=N–C) groups is 1. The van der Waals surface area contributed by atoms with Crippen molar-refractivity contribution in [2.75, 3.05) is 0 Å². The molecule has 0 fully saturated rings. The van der Waals surface area contributed by atoms with Gasteiger partial charge in [-0.3, -0.25) is 0 Å². The predicted octanol–water partition coefficient (Wildman–Crippen LogP) is 1.65. The van der Waals surface area contributed by atoms with Crippen LogP contribution in [0.4, 0.5) is 5.69 Å². The second-order valence-corrected chi connectivity index (χ2v) is 6.24. The molecule has 0 bridgehead atoms. The average molecular weight is 242 g/mol. The lowest BCUT2D eigenvalue weighted by Gasteiger charge is -2.04. The van der Waals surface area contributed by atoms with Gasteiger partial charge in [0.2, 0.25) is 0 Å². The number of nitrogens with zero attached hydrogens (tertiary/aromatic N) is 1. The number of para-hydroxylation sites is 1. The number of rotatable bonds is 0. The molecule has 1 heterocycles. The largest absolute Gasteiger partial charge is 0.359 e. The normalized spacial score (nSPS) is 21.9. The zero-order valence-corrected chi connectivity index (χ0v) is 9.64. The molecule has 0 spiro atoms. The molecule has 2 unspecified atom stereocenters. The van der Waals surface area contributed by atoms with Gasteiger partial charge in [-0.2, -0.15) is 0 Å². The summed E-state index contributed by atoms with van der Waals surface area (Å²) in [7, 11) is -2.36. The average Bonchev–Trinajstić information content (AvgIpc) is 2.56. The predicted molar refractivity (Wildman–Crippen MR) is 65.0 cm³/mol. The minimum Gasteiger partial charge on any atom is -0.359 e. The van der Waals surface area contributed by atoms with Crippen molar-refractivity contribution in [1.29, 1.82) is 0 Å². The number of nitrogens with two attached hydrogens (primary N) is 1. The molecule has 4 nitrogen and oxygen atoms in total. The van der Waals surface area contributed by atoms with E-state index < -0.39 is 21.5 Å². The Morgan fingerprint density at radius 3 is 2.80 bits per heavy atom. The molecule has 0 radical (unpaired) electrons. The van der Waals surface area contributed by atoms with Crippen LogP contribution in [0.2, 0.25) is 0 Å². The summed E-state index contributed by atoms with van der Waals surface area (Å²) in [6, 6.07) is 7.39. The van der Waals surface area contributed by atoms with Crippen molar-refractivity contribution in [1.82, 2.24) is 0 Å². The number of fused-ring (bicyclic) bond motifs is 1. The number of aliphatic hydroxyl groups excluding tert-OH is 1. The fraction of sp³-hybridized carbons (Fsp3) is 0.111. The first-order valence-corrected chi connectivity index (χ1v) is 6.65. The lowest BCUT2D eigenvalue weighted by molar-refractivity contribution is 0.564. The first kappa shape index (κ1) is 10.7. The smallest absolute Gasteiger partial charge is 0.177 e. The Hall–Kier alpha value is -0.820. The SMILES string of the molecule is C/C(O)=S1/C(S(N)=O)=Nc2ccccc21. The molecule has 0 aromatic heterocycles. The van der Waals surface area contributed by atoms with Gasteiger partial charge in [-0.15, -0.1) is 0 Å². The van der Waals surface area contributed by atoms with Crippen molar-refractivity contribution >= 4 is 36.6 Å². The van der Waals surface area contributed by atoms with Crippen LogP contribution in [0.5, 0.6) is 0 Å². The zero-order valence-electron chi connectivity index (χ0n) is 8.01. The van der Waals surface area contributed by atoms with E-state index >= 15 is 0 Å². The van der Waals surface area contributed by atoms with Gasteiger partial charge in [0, 0.05) is 4.90 Å². The van der Waals surface area contributed by atoms with Gasteiger partial charge in [-0.1, -0.05) is 22.6 Å². The summed E-state index contributed by atoms with van der Waals surface area (Å²) in [5, 5.41) is 15.1. The zero-order chi connectivity index (χ0) is 11.0. The second-order valence-electron chi connectivity index (χ2n) is 2.97. The highest BCUT2D eigenvalue weighted by Gasteiger charge is 2.24. The van der Waals surface area contributed by atoms with Gasteiger partial charge < -0.3 is 5.11 Å². The van der Waals surface area contributed by atoms with E-state index in [0.29, 0.717) is 4.38 Å². The molecule has 1 aliphatic rings. The molecule has 2 atom stereocenters. The standard InChI is InChI=1S/C9H10N2O2S2/c1-6(12)14-8-5-3-2-4-7(8)11-9(14)15(10)13/h2-5,12H,10H2,1H3. The van der Waals surface area contributed by atoms with E-state index in [9.17, 15) is 9.32 Å². The van der Waals surface area contributed by atoms with Gasteiger partial charge >= 0.3 is 0 Å². The fourth-order valence-electron chi connectivity index (χ4n) is 1.37. The molecule has 6 heteroatoms. The first-order chi connectivity index (χ1) is 7.11. The van der Waals surface area contributed by atoms with E-state index in [1.54, 1.807) is 6.92 Å². The highest BCUT2D eigenvalue weighted by molar-refractivity contribution is 8.42. The lowest BCUT2D eigenvalue weighted by atomic mass is 10.3.